The molecule has 0 bridgehead atoms. The molecule has 1 aliphatic heterocycles. The fourth-order valence-corrected chi connectivity index (χ4v) is 0.604. The molecule has 0 radical (unpaired) electrons. The van der Waals surface area contributed by atoms with Gasteiger partial charge in [-0.2, -0.15) is 0 Å². The smallest absolute Gasteiger partial charge is 0.0642 e. The number of hydrogen-bond donors (Lipinski definition) is 4. The van der Waals surface area contributed by atoms with Crippen LogP contribution in [0.3, 0.4) is 0 Å². The fourth-order valence-electron chi connectivity index (χ4n) is 0.604. The van der Waals surface area contributed by atoms with E-state index in [2.05, 4.69) is 10.6 Å². The SMILES string of the molecule is C1CNCCN1.O=P[O-].[NH4+].[NH4+]. The van der Waals surface area contributed by atoms with Crippen molar-refractivity contribution >= 4 is 8.69 Å². The van der Waals surface area contributed by atoms with E-state index in [-0.39, 0.29) is 12.3 Å². The zero-order valence-electron chi connectivity index (χ0n) is 7.09. The van der Waals surface area contributed by atoms with Crippen LogP contribution in [-0.2, 0) is 4.57 Å². The van der Waals surface area contributed by atoms with Gasteiger partial charge in [0.2, 0.25) is 0 Å². The number of rotatable bonds is 0. The van der Waals surface area contributed by atoms with Crippen molar-refractivity contribution in [2.75, 3.05) is 26.2 Å². The second kappa shape index (κ2) is 16.5. The van der Waals surface area contributed by atoms with Gasteiger partial charge in [-0.15, -0.1) is 0 Å². The predicted molar refractivity (Wildman–Crippen MR) is 45.3 cm³/mol. The van der Waals surface area contributed by atoms with Gasteiger partial charge in [-0.3, -0.25) is 4.57 Å². The van der Waals surface area contributed by atoms with Crippen molar-refractivity contribution in [2.45, 2.75) is 0 Å². The highest BCUT2D eigenvalue weighted by molar-refractivity contribution is 7.14. The van der Waals surface area contributed by atoms with Gasteiger partial charge in [0.15, 0.2) is 0 Å². The molecule has 0 aliphatic carbocycles. The van der Waals surface area contributed by atoms with Gasteiger partial charge in [-0.25, -0.2) is 0 Å². The molecule has 70 valence electrons. The molecule has 0 atom stereocenters. The Morgan fingerprint density at radius 3 is 1.27 bits per heavy atom. The first-order valence-corrected chi connectivity index (χ1v) is 3.51. The lowest BCUT2D eigenvalue weighted by Crippen LogP contribution is -2.39. The third kappa shape index (κ3) is 17.7. The van der Waals surface area contributed by atoms with Crippen LogP contribution in [0.15, 0.2) is 0 Å². The minimum Gasteiger partial charge on any atom is -0.772 e. The number of nitrogens with one attached hydrogen (secondary N) is 2. The number of hydrogen-bond acceptors (Lipinski definition) is 4. The number of piperazine rings is 1. The zero-order valence-corrected chi connectivity index (χ0v) is 7.99. The minimum absolute atomic E-state index is 0. The van der Waals surface area contributed by atoms with Crippen LogP contribution >= 0.6 is 8.69 Å². The van der Waals surface area contributed by atoms with E-state index in [1.807, 2.05) is 0 Å². The van der Waals surface area contributed by atoms with Crippen LogP contribution in [0.5, 0.6) is 0 Å². The Kier molecular flexibility index (Phi) is 25.6. The van der Waals surface area contributed by atoms with Crippen LogP contribution in [0.2, 0.25) is 0 Å². The van der Waals surface area contributed by atoms with Crippen molar-refractivity contribution in [1.29, 1.82) is 0 Å². The molecule has 11 heavy (non-hydrogen) atoms. The normalized spacial score (nSPS) is 15.0. The van der Waals surface area contributed by atoms with Crippen molar-refractivity contribution < 1.29 is 9.46 Å². The van der Waals surface area contributed by atoms with E-state index in [1.165, 1.54) is 0 Å². The van der Waals surface area contributed by atoms with E-state index in [4.69, 9.17) is 9.46 Å². The Labute approximate surface area is 68.2 Å². The maximum Gasteiger partial charge on any atom is 0.0642 e. The van der Waals surface area contributed by atoms with Gasteiger partial charge in [0.05, 0.1) is 8.69 Å². The molecule has 0 saturated carbocycles. The Morgan fingerprint density at radius 1 is 1.00 bits per heavy atom. The van der Waals surface area contributed by atoms with E-state index in [9.17, 15) is 0 Å². The van der Waals surface area contributed by atoms with E-state index < -0.39 is 8.69 Å². The second-order valence-electron chi connectivity index (χ2n) is 1.57. The van der Waals surface area contributed by atoms with Gasteiger partial charge in [-0.1, -0.05) is 0 Å². The highest BCUT2D eigenvalue weighted by atomic mass is 31.1. The molecule has 1 saturated heterocycles. The maximum atomic E-state index is 8.35. The summed E-state index contributed by atoms with van der Waals surface area (Å²) in [4.78, 5) is 8.35. The monoisotopic (exact) mass is 185 g/mol. The lowest BCUT2D eigenvalue weighted by atomic mass is 10.4. The summed E-state index contributed by atoms with van der Waals surface area (Å²) in [7, 11) is -1.08. The molecule has 10 N–H and O–H groups in total. The maximum absolute atomic E-state index is 8.35. The van der Waals surface area contributed by atoms with E-state index in [1.54, 1.807) is 0 Å². The molecule has 0 spiro atoms. The van der Waals surface area contributed by atoms with Crippen molar-refractivity contribution in [2.24, 2.45) is 0 Å². The molecular weight excluding hydrogens is 167 g/mol. The Balaban J connectivity index is -0.000000116. The lowest BCUT2D eigenvalue weighted by Gasteiger charge is -2.11. The van der Waals surface area contributed by atoms with Gasteiger partial charge in [0.1, 0.15) is 0 Å². The minimum atomic E-state index is -1.08. The molecule has 0 aromatic heterocycles. The van der Waals surface area contributed by atoms with Gasteiger partial charge < -0.3 is 27.8 Å². The van der Waals surface area contributed by atoms with Gasteiger partial charge >= 0.3 is 0 Å². The van der Waals surface area contributed by atoms with Gasteiger partial charge in [0, 0.05) is 26.2 Å². The first-order chi connectivity index (χ1) is 4.41. The highest BCUT2D eigenvalue weighted by Crippen LogP contribution is 1.65. The van der Waals surface area contributed by atoms with Crippen molar-refractivity contribution in [3.8, 4) is 0 Å². The summed E-state index contributed by atoms with van der Waals surface area (Å²) in [6.07, 6.45) is 0. The third-order valence-electron chi connectivity index (χ3n) is 0.957. The first kappa shape index (κ1) is 17.1. The summed E-state index contributed by atoms with van der Waals surface area (Å²) in [5.74, 6) is 0. The summed E-state index contributed by atoms with van der Waals surface area (Å²) in [5, 5.41) is 6.44. The summed E-state index contributed by atoms with van der Waals surface area (Å²) < 4.78 is 8.35. The molecular formula is C4H18N4O2P+. The summed E-state index contributed by atoms with van der Waals surface area (Å²) in [6, 6.07) is 0. The average Bonchev–Trinajstić information content (AvgIpc) is 1.93. The zero-order chi connectivity index (χ0) is 6.95. The molecule has 1 fully saturated rings. The molecule has 0 aromatic carbocycles. The van der Waals surface area contributed by atoms with Crippen molar-refractivity contribution in [3.63, 3.8) is 0 Å². The Bertz CT molecular complexity index is 59.6. The van der Waals surface area contributed by atoms with Gasteiger partial charge in [0.25, 0.3) is 0 Å². The van der Waals surface area contributed by atoms with E-state index in [0.29, 0.717) is 0 Å². The predicted octanol–water partition coefficient (Wildman–Crippen LogP) is -0.515. The largest absolute Gasteiger partial charge is 0.772 e. The average molecular weight is 185 g/mol. The number of quaternary nitrogens is 2. The lowest BCUT2D eigenvalue weighted by molar-refractivity contribution is -0.154. The third-order valence-corrected chi connectivity index (χ3v) is 0.957. The molecule has 6 nitrogen and oxygen atoms in total. The summed E-state index contributed by atoms with van der Waals surface area (Å²) in [6.45, 7) is 4.56. The molecule has 0 unspecified atom stereocenters. The fraction of sp³-hybridized carbons (Fsp3) is 1.00. The molecule has 7 heteroatoms. The quantitative estimate of drug-likeness (QED) is 0.377. The Morgan fingerprint density at radius 2 is 1.18 bits per heavy atom. The van der Waals surface area contributed by atoms with Crippen molar-refractivity contribution in [3.05, 3.63) is 0 Å². The second-order valence-corrected chi connectivity index (χ2v) is 1.72. The highest BCUT2D eigenvalue weighted by Gasteiger charge is 1.91. The molecule has 1 heterocycles. The molecule has 1 rings (SSSR count). The summed E-state index contributed by atoms with van der Waals surface area (Å²) in [5.41, 5.74) is 0. The van der Waals surface area contributed by atoms with Crippen LogP contribution in [-0.4, -0.2) is 26.2 Å². The van der Waals surface area contributed by atoms with E-state index >= 15 is 0 Å². The van der Waals surface area contributed by atoms with Crippen LogP contribution in [0, 0.1) is 0 Å². The van der Waals surface area contributed by atoms with Crippen LogP contribution in [0.1, 0.15) is 0 Å². The topological polar surface area (TPSA) is 137 Å². The molecule has 1 aliphatic rings. The van der Waals surface area contributed by atoms with Crippen LogP contribution < -0.4 is 27.8 Å². The van der Waals surface area contributed by atoms with Crippen molar-refractivity contribution in [1.82, 2.24) is 22.9 Å². The summed E-state index contributed by atoms with van der Waals surface area (Å²) >= 11 is 0. The standard InChI is InChI=1S/C4H10N2.2H3N.HO2P/c1-2-6-4-3-5-1;;;1-3-2/h5-6H,1-4H2;2*1H3;(H,1,2)/p+1. The Hall–Kier alpha value is -0.100. The molecule has 0 amide bonds. The van der Waals surface area contributed by atoms with E-state index in [0.717, 1.165) is 26.2 Å². The molecule has 0 aromatic rings. The van der Waals surface area contributed by atoms with Gasteiger partial charge in [-0.05, 0) is 0 Å². The van der Waals surface area contributed by atoms with Crippen LogP contribution in [0.4, 0.5) is 0 Å². The first-order valence-electron chi connectivity index (χ1n) is 2.78. The van der Waals surface area contributed by atoms with Crippen LogP contribution in [0.25, 0.3) is 0 Å².